The molecule has 0 N–H and O–H groups in total. The van der Waals surface area contributed by atoms with Crippen molar-refractivity contribution >= 4 is 17.7 Å². The molecule has 1 fully saturated rings. The topological polar surface area (TPSA) is 55.3 Å². The van der Waals surface area contributed by atoms with E-state index in [2.05, 4.69) is 9.97 Å². The third-order valence-corrected chi connectivity index (χ3v) is 3.73. The minimum atomic E-state index is 0.0483. The van der Waals surface area contributed by atoms with Crippen molar-refractivity contribution in [3.63, 3.8) is 0 Å². The Morgan fingerprint density at radius 2 is 2.35 bits per heavy atom. The zero-order valence-electron chi connectivity index (χ0n) is 9.55. The van der Waals surface area contributed by atoms with E-state index in [1.807, 2.05) is 11.2 Å². The van der Waals surface area contributed by atoms with Crippen molar-refractivity contribution in [2.45, 2.75) is 17.6 Å². The predicted octanol–water partition coefficient (Wildman–Crippen LogP) is 0.596. The predicted molar refractivity (Wildman–Crippen MR) is 63.2 cm³/mol. The molecule has 1 saturated heterocycles. The quantitative estimate of drug-likeness (QED) is 0.569. The molecule has 3 heterocycles. The van der Waals surface area contributed by atoms with Crippen molar-refractivity contribution in [1.29, 1.82) is 0 Å². The molecule has 0 radical (unpaired) electrons. The second-order valence-corrected chi connectivity index (χ2v) is 4.93. The lowest BCUT2D eigenvalue weighted by molar-refractivity contribution is -0.0550. The van der Waals surface area contributed by atoms with Gasteiger partial charge in [-0.25, -0.2) is 9.97 Å². The summed E-state index contributed by atoms with van der Waals surface area (Å²) in [4.78, 5) is 22.7. The van der Waals surface area contributed by atoms with Crippen molar-refractivity contribution in [3.8, 4) is 0 Å². The lowest BCUT2D eigenvalue weighted by Crippen LogP contribution is -2.54. The standard InChI is InChI=1S/C11H13N3O2S/c1-17-11-12-4-8-9(13-11)2-3-14(10(8)15)7-5-16-6-7/h4,7H,2-3,5-6H2,1H3. The summed E-state index contributed by atoms with van der Waals surface area (Å²) in [7, 11) is 0. The molecule has 1 aromatic rings. The second kappa shape index (κ2) is 4.27. The first-order chi connectivity index (χ1) is 8.29. The highest BCUT2D eigenvalue weighted by atomic mass is 32.2. The van der Waals surface area contributed by atoms with E-state index in [0.29, 0.717) is 18.8 Å². The minimum Gasteiger partial charge on any atom is -0.377 e. The normalized spacial score (nSPS) is 20.1. The largest absolute Gasteiger partial charge is 0.377 e. The molecule has 0 unspecified atom stereocenters. The van der Waals surface area contributed by atoms with Crippen LogP contribution in [0.3, 0.4) is 0 Å². The fourth-order valence-electron chi connectivity index (χ4n) is 2.10. The van der Waals surface area contributed by atoms with Crippen LogP contribution in [-0.2, 0) is 11.2 Å². The number of hydrogen-bond donors (Lipinski definition) is 0. The molecule has 0 atom stereocenters. The maximum Gasteiger partial charge on any atom is 0.257 e. The molecule has 0 aliphatic carbocycles. The van der Waals surface area contributed by atoms with E-state index in [9.17, 15) is 4.79 Å². The van der Waals surface area contributed by atoms with Gasteiger partial charge in [-0.2, -0.15) is 0 Å². The Bertz CT molecular complexity index is 462. The van der Waals surface area contributed by atoms with Crippen LogP contribution in [0.5, 0.6) is 0 Å². The number of amides is 1. The molecule has 2 aliphatic heterocycles. The molecule has 3 rings (SSSR count). The highest BCUT2D eigenvalue weighted by molar-refractivity contribution is 7.98. The maximum atomic E-state index is 12.2. The van der Waals surface area contributed by atoms with Crippen LogP contribution < -0.4 is 0 Å². The molecule has 1 aromatic heterocycles. The monoisotopic (exact) mass is 251 g/mol. The average molecular weight is 251 g/mol. The maximum absolute atomic E-state index is 12.2. The zero-order chi connectivity index (χ0) is 11.8. The minimum absolute atomic E-state index is 0.0483. The highest BCUT2D eigenvalue weighted by Gasteiger charge is 2.34. The van der Waals surface area contributed by atoms with Crippen LogP contribution in [0, 0.1) is 0 Å². The molecule has 90 valence electrons. The summed E-state index contributed by atoms with van der Waals surface area (Å²) in [6.45, 7) is 2.06. The van der Waals surface area contributed by atoms with Crippen LogP contribution >= 0.6 is 11.8 Å². The van der Waals surface area contributed by atoms with Gasteiger partial charge in [0.15, 0.2) is 5.16 Å². The third kappa shape index (κ3) is 1.81. The number of thioether (sulfide) groups is 1. The smallest absolute Gasteiger partial charge is 0.257 e. The number of fused-ring (bicyclic) bond motifs is 1. The molecule has 0 aromatic carbocycles. The van der Waals surface area contributed by atoms with Crippen molar-refractivity contribution in [1.82, 2.24) is 14.9 Å². The van der Waals surface area contributed by atoms with Gasteiger partial charge in [-0.3, -0.25) is 4.79 Å². The van der Waals surface area contributed by atoms with Gasteiger partial charge in [0.2, 0.25) is 0 Å². The van der Waals surface area contributed by atoms with E-state index in [1.54, 1.807) is 6.20 Å². The van der Waals surface area contributed by atoms with Crippen LogP contribution in [0.4, 0.5) is 0 Å². The van der Waals surface area contributed by atoms with E-state index in [1.165, 1.54) is 11.8 Å². The van der Waals surface area contributed by atoms with E-state index in [0.717, 1.165) is 23.8 Å². The number of carbonyl (C=O) groups excluding carboxylic acids is 1. The highest BCUT2D eigenvalue weighted by Crippen LogP contribution is 2.22. The van der Waals surface area contributed by atoms with E-state index < -0.39 is 0 Å². The van der Waals surface area contributed by atoms with E-state index in [-0.39, 0.29) is 11.9 Å². The van der Waals surface area contributed by atoms with Crippen molar-refractivity contribution in [3.05, 3.63) is 17.5 Å². The molecule has 0 bridgehead atoms. The number of nitrogens with zero attached hydrogens (tertiary/aromatic N) is 3. The summed E-state index contributed by atoms with van der Waals surface area (Å²) >= 11 is 1.50. The zero-order valence-corrected chi connectivity index (χ0v) is 10.4. The van der Waals surface area contributed by atoms with Crippen molar-refractivity contribution in [2.75, 3.05) is 26.0 Å². The van der Waals surface area contributed by atoms with Crippen molar-refractivity contribution in [2.24, 2.45) is 0 Å². The lowest BCUT2D eigenvalue weighted by atomic mass is 10.0. The molecule has 2 aliphatic rings. The first-order valence-electron chi connectivity index (χ1n) is 5.58. The SMILES string of the molecule is CSc1ncc2c(n1)CCN(C1COC1)C2=O. The first-order valence-corrected chi connectivity index (χ1v) is 6.80. The van der Waals surface area contributed by atoms with Gasteiger partial charge >= 0.3 is 0 Å². The van der Waals surface area contributed by atoms with Crippen molar-refractivity contribution < 1.29 is 9.53 Å². The van der Waals surface area contributed by atoms with Crippen LogP contribution in [0.25, 0.3) is 0 Å². The summed E-state index contributed by atoms with van der Waals surface area (Å²) < 4.78 is 5.13. The molecule has 17 heavy (non-hydrogen) atoms. The fraction of sp³-hybridized carbons (Fsp3) is 0.545. The van der Waals surface area contributed by atoms with Gasteiger partial charge in [-0.05, 0) is 6.26 Å². The summed E-state index contributed by atoms with van der Waals surface area (Å²) in [6.07, 6.45) is 4.40. The number of rotatable bonds is 2. The third-order valence-electron chi connectivity index (χ3n) is 3.17. The molecule has 6 heteroatoms. The molecular formula is C11H13N3O2S. The van der Waals surface area contributed by atoms with Gasteiger partial charge in [0.25, 0.3) is 5.91 Å². The lowest BCUT2D eigenvalue weighted by Gasteiger charge is -2.39. The molecule has 0 spiro atoms. The summed E-state index contributed by atoms with van der Waals surface area (Å²) in [6, 6.07) is 0.246. The Kier molecular flexibility index (Phi) is 2.76. The van der Waals surface area contributed by atoms with Gasteiger partial charge in [-0.1, -0.05) is 11.8 Å². The number of ether oxygens (including phenoxy) is 1. The van der Waals surface area contributed by atoms with Crippen LogP contribution in [0.15, 0.2) is 11.4 Å². The Balaban J connectivity index is 1.89. The second-order valence-electron chi connectivity index (χ2n) is 4.16. The average Bonchev–Trinajstić information content (AvgIpc) is 2.30. The van der Waals surface area contributed by atoms with Crippen LogP contribution in [0.1, 0.15) is 16.1 Å². The van der Waals surface area contributed by atoms with Crippen LogP contribution in [-0.4, -0.2) is 52.8 Å². The Morgan fingerprint density at radius 1 is 1.53 bits per heavy atom. The first kappa shape index (κ1) is 11.0. The molecule has 1 amide bonds. The molecule has 5 nitrogen and oxygen atoms in total. The molecular weight excluding hydrogens is 238 g/mol. The van der Waals surface area contributed by atoms with Gasteiger partial charge in [0.05, 0.1) is 30.5 Å². The number of carbonyl (C=O) groups is 1. The van der Waals surface area contributed by atoms with Gasteiger partial charge < -0.3 is 9.64 Å². The van der Waals surface area contributed by atoms with E-state index >= 15 is 0 Å². The van der Waals surface area contributed by atoms with Gasteiger partial charge in [-0.15, -0.1) is 0 Å². The van der Waals surface area contributed by atoms with Crippen LogP contribution in [0.2, 0.25) is 0 Å². The fourth-order valence-corrected chi connectivity index (χ4v) is 2.46. The summed E-state index contributed by atoms with van der Waals surface area (Å²) in [5.74, 6) is 0.0483. The number of hydrogen-bond acceptors (Lipinski definition) is 5. The Hall–Kier alpha value is -1.14. The van der Waals surface area contributed by atoms with E-state index in [4.69, 9.17) is 4.74 Å². The summed E-state index contributed by atoms with van der Waals surface area (Å²) in [5.41, 5.74) is 1.53. The van der Waals surface area contributed by atoms with Gasteiger partial charge in [0, 0.05) is 19.2 Å². The Labute approximate surface area is 104 Å². The number of aromatic nitrogens is 2. The Morgan fingerprint density at radius 3 is 3.00 bits per heavy atom. The molecule has 0 saturated carbocycles. The summed E-state index contributed by atoms with van der Waals surface area (Å²) in [5, 5.41) is 0.733. The van der Waals surface area contributed by atoms with Gasteiger partial charge in [0.1, 0.15) is 0 Å².